The van der Waals surface area contributed by atoms with Gasteiger partial charge in [-0.15, -0.1) is 0 Å². The van der Waals surface area contributed by atoms with E-state index >= 15 is 0 Å². The van der Waals surface area contributed by atoms with E-state index in [0.717, 1.165) is 0 Å². The van der Waals surface area contributed by atoms with Crippen molar-refractivity contribution >= 4 is 15.7 Å². The van der Waals surface area contributed by atoms with E-state index in [-0.39, 0.29) is 10.6 Å². The largest absolute Gasteiger partial charge is 0.397 e. The summed E-state index contributed by atoms with van der Waals surface area (Å²) in [5.41, 5.74) is 7.13. The molecule has 1 rings (SSSR count). The second kappa shape index (κ2) is 5.66. The molecule has 0 aliphatic rings. The number of hydrogen-bond donors (Lipinski definition) is 4. The van der Waals surface area contributed by atoms with Gasteiger partial charge in [0.15, 0.2) is 0 Å². The van der Waals surface area contributed by atoms with Gasteiger partial charge in [-0.3, -0.25) is 0 Å². The number of rotatable bonds is 5. The minimum atomic E-state index is -3.86. The zero-order valence-electron chi connectivity index (χ0n) is 10.3. The Morgan fingerprint density at radius 2 is 1.72 bits per heavy atom. The lowest BCUT2D eigenvalue weighted by Gasteiger charge is -2.17. The van der Waals surface area contributed by atoms with Crippen molar-refractivity contribution < 1.29 is 18.6 Å². The molecule has 0 heterocycles. The van der Waals surface area contributed by atoms with Crippen LogP contribution in [0.4, 0.5) is 5.69 Å². The highest BCUT2D eigenvalue weighted by molar-refractivity contribution is 7.89. The number of nitrogens with two attached hydrogens (primary N) is 1. The molecule has 7 heteroatoms. The molecule has 0 aliphatic carbocycles. The van der Waals surface area contributed by atoms with Crippen molar-refractivity contribution in [2.75, 3.05) is 18.9 Å². The smallest absolute Gasteiger partial charge is 0.243 e. The Labute approximate surface area is 106 Å². The van der Waals surface area contributed by atoms with Gasteiger partial charge < -0.3 is 15.9 Å². The number of hydrogen-bond acceptors (Lipinski definition) is 5. The monoisotopic (exact) mass is 274 g/mol. The Balaban J connectivity index is 3.25. The standard InChI is InChI=1S/C11H18N2O4S/c1-7-3-4-8(2)11(10(7)12)18(16,17)13-9(5-14)6-15/h3-4,9,13-15H,5-6,12H2,1-2H3. The first-order chi connectivity index (χ1) is 8.33. The van der Waals surface area contributed by atoms with Crippen molar-refractivity contribution in [2.24, 2.45) is 0 Å². The Kier molecular flexibility index (Phi) is 4.69. The van der Waals surface area contributed by atoms with Crippen molar-refractivity contribution in [1.29, 1.82) is 0 Å². The number of benzene rings is 1. The summed E-state index contributed by atoms with van der Waals surface area (Å²) in [5, 5.41) is 17.8. The minimum absolute atomic E-state index is 0.00519. The van der Waals surface area contributed by atoms with E-state index < -0.39 is 29.3 Å². The molecule has 1 aromatic rings. The number of aryl methyl sites for hydroxylation is 2. The highest BCUT2D eigenvalue weighted by Crippen LogP contribution is 2.25. The molecule has 5 N–H and O–H groups in total. The van der Waals surface area contributed by atoms with Crippen LogP contribution < -0.4 is 10.5 Å². The fourth-order valence-electron chi connectivity index (χ4n) is 1.57. The molecule has 102 valence electrons. The quantitative estimate of drug-likeness (QED) is 0.542. The van der Waals surface area contributed by atoms with Gasteiger partial charge in [0, 0.05) is 0 Å². The molecule has 0 spiro atoms. The molecule has 0 atom stereocenters. The predicted molar refractivity (Wildman–Crippen MR) is 68.6 cm³/mol. The van der Waals surface area contributed by atoms with E-state index in [1.54, 1.807) is 26.0 Å². The molecule has 0 radical (unpaired) electrons. The number of nitrogens with one attached hydrogen (secondary N) is 1. The summed E-state index contributed by atoms with van der Waals surface area (Å²) >= 11 is 0. The van der Waals surface area contributed by atoms with Crippen LogP contribution in [0.1, 0.15) is 11.1 Å². The Morgan fingerprint density at radius 3 is 2.22 bits per heavy atom. The van der Waals surface area contributed by atoms with Gasteiger partial charge in [-0.25, -0.2) is 13.1 Å². The van der Waals surface area contributed by atoms with Crippen LogP contribution in [-0.4, -0.2) is 37.9 Å². The van der Waals surface area contributed by atoms with E-state index in [1.807, 2.05) is 0 Å². The Bertz CT molecular complexity index is 524. The van der Waals surface area contributed by atoms with Crippen molar-refractivity contribution in [3.05, 3.63) is 23.3 Å². The first kappa shape index (κ1) is 14.9. The van der Waals surface area contributed by atoms with Gasteiger partial charge >= 0.3 is 0 Å². The van der Waals surface area contributed by atoms with Crippen LogP contribution in [-0.2, 0) is 10.0 Å². The second-order valence-corrected chi connectivity index (χ2v) is 5.78. The maximum Gasteiger partial charge on any atom is 0.243 e. The normalized spacial score (nSPS) is 12.1. The average Bonchev–Trinajstić information content (AvgIpc) is 2.31. The van der Waals surface area contributed by atoms with E-state index in [1.165, 1.54) is 0 Å². The average molecular weight is 274 g/mol. The first-order valence-corrected chi connectivity index (χ1v) is 6.91. The molecule has 0 aromatic heterocycles. The summed E-state index contributed by atoms with van der Waals surface area (Å²) in [7, 11) is -3.86. The molecule has 0 amide bonds. The van der Waals surface area contributed by atoms with Crippen molar-refractivity contribution in [2.45, 2.75) is 24.8 Å². The molecular formula is C11H18N2O4S. The maximum atomic E-state index is 12.1. The lowest BCUT2D eigenvalue weighted by Crippen LogP contribution is -2.40. The summed E-state index contributed by atoms with van der Waals surface area (Å²) in [6.07, 6.45) is 0. The molecule has 6 nitrogen and oxygen atoms in total. The molecule has 0 unspecified atom stereocenters. The van der Waals surface area contributed by atoms with E-state index in [4.69, 9.17) is 15.9 Å². The number of anilines is 1. The SMILES string of the molecule is Cc1ccc(C)c(S(=O)(=O)NC(CO)CO)c1N. The number of aliphatic hydroxyl groups excluding tert-OH is 2. The van der Waals surface area contributed by atoms with Gasteiger partial charge in [0.2, 0.25) is 10.0 Å². The van der Waals surface area contributed by atoms with E-state index in [0.29, 0.717) is 11.1 Å². The summed E-state index contributed by atoms with van der Waals surface area (Å²) in [4.78, 5) is -0.00519. The summed E-state index contributed by atoms with van der Waals surface area (Å²) in [6.45, 7) is 2.38. The van der Waals surface area contributed by atoms with Gasteiger partial charge in [-0.05, 0) is 25.0 Å². The number of nitrogen functional groups attached to an aromatic ring is 1. The van der Waals surface area contributed by atoms with Crippen molar-refractivity contribution in [3.63, 3.8) is 0 Å². The fourth-order valence-corrected chi connectivity index (χ4v) is 3.22. The molecular weight excluding hydrogens is 256 g/mol. The Hall–Kier alpha value is -1.15. The van der Waals surface area contributed by atoms with E-state index in [2.05, 4.69) is 4.72 Å². The third-order valence-electron chi connectivity index (χ3n) is 2.64. The first-order valence-electron chi connectivity index (χ1n) is 5.43. The van der Waals surface area contributed by atoms with Gasteiger partial charge in [-0.1, -0.05) is 12.1 Å². The molecule has 1 aromatic carbocycles. The third kappa shape index (κ3) is 2.99. The van der Waals surface area contributed by atoms with Crippen LogP contribution in [0.15, 0.2) is 17.0 Å². The van der Waals surface area contributed by atoms with Gasteiger partial charge in [0.1, 0.15) is 4.90 Å². The number of aliphatic hydroxyl groups is 2. The van der Waals surface area contributed by atoms with Crippen LogP contribution in [0.2, 0.25) is 0 Å². The summed E-state index contributed by atoms with van der Waals surface area (Å²) in [6, 6.07) is 2.46. The van der Waals surface area contributed by atoms with Gasteiger partial charge in [0.25, 0.3) is 0 Å². The van der Waals surface area contributed by atoms with E-state index in [9.17, 15) is 8.42 Å². The van der Waals surface area contributed by atoms with Gasteiger partial charge in [-0.2, -0.15) is 0 Å². The molecule has 0 saturated carbocycles. The van der Waals surface area contributed by atoms with Crippen LogP contribution in [0, 0.1) is 13.8 Å². The Morgan fingerprint density at radius 1 is 1.22 bits per heavy atom. The second-order valence-electron chi connectivity index (χ2n) is 4.13. The van der Waals surface area contributed by atoms with Crippen LogP contribution in [0.3, 0.4) is 0 Å². The summed E-state index contributed by atoms with van der Waals surface area (Å²) in [5.74, 6) is 0. The fraction of sp³-hybridized carbons (Fsp3) is 0.455. The zero-order valence-corrected chi connectivity index (χ0v) is 11.2. The lowest BCUT2D eigenvalue weighted by atomic mass is 10.1. The number of sulfonamides is 1. The van der Waals surface area contributed by atoms with Gasteiger partial charge in [0.05, 0.1) is 24.9 Å². The van der Waals surface area contributed by atoms with Crippen LogP contribution in [0.25, 0.3) is 0 Å². The zero-order chi connectivity index (χ0) is 13.9. The summed E-state index contributed by atoms with van der Waals surface area (Å²) < 4.78 is 26.5. The maximum absolute atomic E-state index is 12.1. The van der Waals surface area contributed by atoms with Crippen molar-refractivity contribution in [1.82, 2.24) is 4.72 Å². The lowest BCUT2D eigenvalue weighted by molar-refractivity contribution is 0.185. The molecule has 0 bridgehead atoms. The topological polar surface area (TPSA) is 113 Å². The molecule has 0 saturated heterocycles. The highest BCUT2D eigenvalue weighted by atomic mass is 32.2. The van der Waals surface area contributed by atoms with Crippen molar-refractivity contribution in [3.8, 4) is 0 Å². The minimum Gasteiger partial charge on any atom is -0.397 e. The highest BCUT2D eigenvalue weighted by Gasteiger charge is 2.24. The van der Waals surface area contributed by atoms with Crippen LogP contribution >= 0.6 is 0 Å². The molecule has 0 fully saturated rings. The predicted octanol–water partition coefficient (Wildman–Crippen LogP) is -0.483. The third-order valence-corrected chi connectivity index (χ3v) is 4.37. The molecule has 18 heavy (non-hydrogen) atoms. The molecule has 0 aliphatic heterocycles. The van der Waals surface area contributed by atoms with Crippen LogP contribution in [0.5, 0.6) is 0 Å².